The Labute approximate surface area is 370 Å². The van der Waals surface area contributed by atoms with Crippen molar-refractivity contribution in [1.82, 2.24) is 4.57 Å². The topological polar surface area (TPSA) is 21.3 Å². The summed E-state index contributed by atoms with van der Waals surface area (Å²) in [5.74, 6) is 0. The summed E-state index contributed by atoms with van der Waals surface area (Å²) < 4.78 is 8.87. The van der Waals surface area contributed by atoms with Crippen molar-refractivity contribution in [2.45, 2.75) is 5.41 Å². The molecule has 2 aliphatic carbocycles. The predicted molar refractivity (Wildman–Crippen MR) is 264 cm³/mol. The second-order valence-electron chi connectivity index (χ2n) is 17.2. The Kier molecular flexibility index (Phi) is 7.32. The molecule has 2 heterocycles. The highest BCUT2D eigenvalue weighted by atomic mass is 16.3. The zero-order valence-corrected chi connectivity index (χ0v) is 34.7. The van der Waals surface area contributed by atoms with Crippen LogP contribution in [0, 0.1) is 0 Å². The molecule has 12 aromatic rings. The van der Waals surface area contributed by atoms with Crippen molar-refractivity contribution in [3.63, 3.8) is 0 Å². The largest absolute Gasteiger partial charge is 0.456 e. The molecule has 1 spiro atoms. The molecule has 0 bridgehead atoms. The van der Waals surface area contributed by atoms with Gasteiger partial charge in [-0.15, -0.1) is 0 Å². The Morgan fingerprint density at radius 3 is 1.67 bits per heavy atom. The average molecular weight is 815 g/mol. The van der Waals surface area contributed by atoms with Crippen LogP contribution in [0.2, 0.25) is 0 Å². The Balaban J connectivity index is 0.946. The van der Waals surface area contributed by atoms with E-state index >= 15 is 0 Å². The molecule has 2 aromatic heterocycles. The van der Waals surface area contributed by atoms with Crippen LogP contribution in [0.3, 0.4) is 0 Å². The maximum Gasteiger partial charge on any atom is 0.137 e. The standard InChI is InChI=1S/C61H38N2O/c1-2-15-41(16-3-1)63-55-25-12-7-20-47(55)48-35-34-43(38-57(48)63)62(56-26-14-28-59-60(56)49-21-8-13-27-58(49)64-59)42-32-29-39(30-33-42)40-31-36-54-50(37-40)46-19-6-11-24-53(46)61(54)51-22-9-4-17-44(51)45-18-5-10-23-52(45)61/h1-38H. The van der Waals surface area contributed by atoms with Crippen molar-refractivity contribution in [3.8, 4) is 39.1 Å². The molecule has 0 N–H and O–H groups in total. The third-order valence-electron chi connectivity index (χ3n) is 14.0. The molecular formula is C61H38N2O. The van der Waals surface area contributed by atoms with Gasteiger partial charge in [-0.1, -0.05) is 164 Å². The summed E-state index contributed by atoms with van der Waals surface area (Å²) in [6.45, 7) is 0. The smallest absolute Gasteiger partial charge is 0.137 e. The lowest BCUT2D eigenvalue weighted by atomic mass is 9.70. The lowest BCUT2D eigenvalue weighted by Crippen LogP contribution is -2.25. The summed E-state index contributed by atoms with van der Waals surface area (Å²) in [6.07, 6.45) is 0. The molecule has 10 aromatic carbocycles. The minimum absolute atomic E-state index is 0.354. The molecular weight excluding hydrogens is 777 g/mol. The van der Waals surface area contributed by atoms with Crippen LogP contribution >= 0.6 is 0 Å². The number of rotatable bonds is 5. The summed E-state index contributed by atoms with van der Waals surface area (Å²) in [7, 11) is 0. The van der Waals surface area contributed by atoms with Crippen LogP contribution in [0.4, 0.5) is 17.1 Å². The van der Waals surface area contributed by atoms with E-state index in [2.05, 4.69) is 234 Å². The van der Waals surface area contributed by atoms with E-state index < -0.39 is 0 Å². The van der Waals surface area contributed by atoms with E-state index in [0.29, 0.717) is 0 Å². The number of para-hydroxylation sites is 3. The fourth-order valence-corrected chi connectivity index (χ4v) is 11.4. The molecule has 0 fully saturated rings. The van der Waals surface area contributed by atoms with Crippen LogP contribution in [0.5, 0.6) is 0 Å². The number of nitrogens with zero attached hydrogens (tertiary/aromatic N) is 2. The quantitative estimate of drug-likeness (QED) is 0.173. The molecule has 3 nitrogen and oxygen atoms in total. The molecule has 0 unspecified atom stereocenters. The number of hydrogen-bond acceptors (Lipinski definition) is 2. The number of aromatic nitrogens is 1. The van der Waals surface area contributed by atoms with Crippen LogP contribution in [0.1, 0.15) is 22.3 Å². The number of hydrogen-bond donors (Lipinski definition) is 0. The maximum atomic E-state index is 6.48. The first-order valence-corrected chi connectivity index (χ1v) is 22.1. The van der Waals surface area contributed by atoms with Gasteiger partial charge in [0.25, 0.3) is 0 Å². The normalized spacial score (nSPS) is 13.1. The third kappa shape index (κ3) is 4.76. The second kappa shape index (κ2) is 13.3. The van der Waals surface area contributed by atoms with Crippen LogP contribution < -0.4 is 4.90 Å². The van der Waals surface area contributed by atoms with E-state index in [-0.39, 0.29) is 5.41 Å². The highest BCUT2D eigenvalue weighted by Crippen LogP contribution is 2.63. The predicted octanol–water partition coefficient (Wildman–Crippen LogP) is 16.2. The van der Waals surface area contributed by atoms with Crippen LogP contribution in [0.15, 0.2) is 235 Å². The molecule has 0 aliphatic heterocycles. The first-order valence-electron chi connectivity index (χ1n) is 22.1. The first kappa shape index (κ1) is 35.2. The Bertz CT molecular complexity index is 3810. The molecule has 0 atom stereocenters. The van der Waals surface area contributed by atoms with Gasteiger partial charge in [0.2, 0.25) is 0 Å². The lowest BCUT2D eigenvalue weighted by Gasteiger charge is -2.30. The molecule has 2 aliphatic rings. The van der Waals surface area contributed by atoms with Crippen LogP contribution in [-0.4, -0.2) is 4.57 Å². The number of furan rings is 1. The summed E-state index contributed by atoms with van der Waals surface area (Å²) in [4.78, 5) is 2.40. The van der Waals surface area contributed by atoms with Gasteiger partial charge in [-0.05, 0) is 122 Å². The second-order valence-corrected chi connectivity index (χ2v) is 17.2. The summed E-state index contributed by atoms with van der Waals surface area (Å²) in [6, 6.07) is 84.4. The first-order chi connectivity index (χ1) is 31.8. The Morgan fingerprint density at radius 1 is 0.359 bits per heavy atom. The molecule has 64 heavy (non-hydrogen) atoms. The number of benzene rings is 10. The van der Waals surface area contributed by atoms with Crippen LogP contribution in [0.25, 0.3) is 82.8 Å². The summed E-state index contributed by atoms with van der Waals surface area (Å²) in [5, 5.41) is 4.64. The highest BCUT2D eigenvalue weighted by molar-refractivity contribution is 6.15. The van der Waals surface area contributed by atoms with Crippen molar-refractivity contribution < 1.29 is 4.42 Å². The van der Waals surface area contributed by atoms with Gasteiger partial charge in [0.15, 0.2) is 0 Å². The molecule has 298 valence electrons. The SMILES string of the molecule is c1ccc(-n2c3ccccc3c3ccc(N(c4ccc(-c5ccc6c(c5)-c5ccccc5C65c6ccccc6-c6ccccc65)cc4)c4cccc5oc6ccccc6c45)cc32)cc1. The molecule has 0 radical (unpaired) electrons. The van der Waals surface area contributed by atoms with E-state index in [1.165, 1.54) is 71.9 Å². The van der Waals surface area contributed by atoms with Crippen molar-refractivity contribution >= 4 is 60.8 Å². The zero-order valence-electron chi connectivity index (χ0n) is 34.7. The van der Waals surface area contributed by atoms with Gasteiger partial charge in [-0.25, -0.2) is 0 Å². The molecule has 0 saturated heterocycles. The Hall–Kier alpha value is -8.40. The average Bonchev–Trinajstić information content (AvgIpc) is 4.08. The van der Waals surface area contributed by atoms with Gasteiger partial charge in [0.05, 0.1) is 27.5 Å². The molecule has 14 rings (SSSR count). The van der Waals surface area contributed by atoms with Gasteiger partial charge >= 0.3 is 0 Å². The summed E-state index contributed by atoms with van der Waals surface area (Å²) >= 11 is 0. The van der Waals surface area contributed by atoms with Crippen molar-refractivity contribution in [2.75, 3.05) is 4.90 Å². The van der Waals surface area contributed by atoms with Gasteiger partial charge in [0.1, 0.15) is 11.2 Å². The van der Waals surface area contributed by atoms with Crippen molar-refractivity contribution in [2.24, 2.45) is 0 Å². The fourth-order valence-electron chi connectivity index (χ4n) is 11.4. The molecule has 3 heteroatoms. The number of anilines is 3. The minimum Gasteiger partial charge on any atom is -0.456 e. The third-order valence-corrected chi connectivity index (χ3v) is 14.0. The minimum atomic E-state index is -0.354. The summed E-state index contributed by atoms with van der Waals surface area (Å²) in [5.41, 5.74) is 21.1. The van der Waals surface area contributed by atoms with Gasteiger partial charge in [-0.2, -0.15) is 0 Å². The molecule has 0 saturated carbocycles. The number of fused-ring (bicyclic) bond motifs is 16. The van der Waals surface area contributed by atoms with Gasteiger partial charge in [-0.3, -0.25) is 0 Å². The monoisotopic (exact) mass is 814 g/mol. The van der Waals surface area contributed by atoms with Gasteiger partial charge < -0.3 is 13.9 Å². The Morgan fingerprint density at radius 2 is 0.922 bits per heavy atom. The van der Waals surface area contributed by atoms with E-state index in [1.807, 2.05) is 6.07 Å². The fraction of sp³-hybridized carbons (Fsp3) is 0.0164. The lowest BCUT2D eigenvalue weighted by molar-refractivity contribution is 0.669. The van der Waals surface area contributed by atoms with Crippen LogP contribution in [-0.2, 0) is 5.41 Å². The highest BCUT2D eigenvalue weighted by Gasteiger charge is 2.51. The van der Waals surface area contributed by atoms with E-state index in [0.717, 1.165) is 50.2 Å². The van der Waals surface area contributed by atoms with E-state index in [4.69, 9.17) is 4.42 Å². The maximum absolute atomic E-state index is 6.48. The zero-order chi connectivity index (χ0) is 41.9. The van der Waals surface area contributed by atoms with E-state index in [9.17, 15) is 0 Å². The van der Waals surface area contributed by atoms with Crippen molar-refractivity contribution in [1.29, 1.82) is 0 Å². The molecule has 0 amide bonds. The van der Waals surface area contributed by atoms with E-state index in [1.54, 1.807) is 0 Å². The van der Waals surface area contributed by atoms with Gasteiger partial charge in [0, 0.05) is 33.2 Å². The van der Waals surface area contributed by atoms with Crippen molar-refractivity contribution in [3.05, 3.63) is 253 Å².